The molecule has 0 radical (unpaired) electrons. The summed E-state index contributed by atoms with van der Waals surface area (Å²) in [6.45, 7) is 0. The summed E-state index contributed by atoms with van der Waals surface area (Å²) < 4.78 is 24.6. The van der Waals surface area contributed by atoms with Crippen LogP contribution >= 0.6 is 11.3 Å². The molecular weight excluding hydrogens is 260 g/mol. The topological polar surface area (TPSA) is 71.7 Å². The fraction of sp³-hybridized carbons (Fsp3) is 0.500. The van der Waals surface area contributed by atoms with Crippen molar-refractivity contribution in [1.29, 1.82) is 0 Å². The molecule has 17 heavy (non-hydrogen) atoms. The molecular formula is C10H12N2O3S2. The van der Waals surface area contributed by atoms with E-state index in [9.17, 15) is 13.5 Å². The molecule has 2 aromatic heterocycles. The highest BCUT2D eigenvalue weighted by Crippen LogP contribution is 2.27. The van der Waals surface area contributed by atoms with Crippen LogP contribution in [-0.2, 0) is 16.3 Å². The van der Waals surface area contributed by atoms with E-state index in [1.807, 2.05) is 22.2 Å². The summed E-state index contributed by atoms with van der Waals surface area (Å²) in [6.07, 6.45) is 4.35. The molecule has 0 bridgehead atoms. The van der Waals surface area contributed by atoms with Crippen molar-refractivity contribution in [3.05, 3.63) is 23.5 Å². The third kappa shape index (κ3) is 2.10. The van der Waals surface area contributed by atoms with Gasteiger partial charge in [0.05, 0.1) is 22.8 Å². The normalized spacial score (nSPS) is 27.8. The predicted octanol–water partition coefficient (Wildman–Crippen LogP) is 0.488. The molecule has 1 saturated heterocycles. The first-order valence-electron chi connectivity index (χ1n) is 5.30. The van der Waals surface area contributed by atoms with Crippen molar-refractivity contribution in [2.75, 3.05) is 11.5 Å². The standard InChI is InChI=1S/C10H12N2O3S2/c13-10(1-4-17(14,15)7-10)5-8-6-12-2-3-16-9(12)11-8/h2-3,6,13H,1,4-5,7H2. The number of rotatable bonds is 2. The third-order valence-electron chi connectivity index (χ3n) is 3.02. The Labute approximate surface area is 103 Å². The minimum atomic E-state index is -3.07. The number of thiazole rings is 1. The van der Waals surface area contributed by atoms with Gasteiger partial charge in [0, 0.05) is 24.2 Å². The molecule has 2 aromatic rings. The molecule has 0 aromatic carbocycles. The highest BCUT2D eigenvalue weighted by Gasteiger charge is 2.41. The maximum Gasteiger partial charge on any atom is 0.193 e. The number of hydrogen-bond donors (Lipinski definition) is 1. The number of nitrogens with zero attached hydrogens (tertiary/aromatic N) is 2. The second-order valence-electron chi connectivity index (χ2n) is 4.57. The average Bonchev–Trinajstić information content (AvgIpc) is 2.79. The molecule has 0 spiro atoms. The third-order valence-corrected chi connectivity index (χ3v) is 5.59. The van der Waals surface area contributed by atoms with Crippen LogP contribution < -0.4 is 0 Å². The van der Waals surface area contributed by atoms with Gasteiger partial charge in [-0.1, -0.05) is 0 Å². The molecule has 1 unspecified atom stereocenters. The highest BCUT2D eigenvalue weighted by molar-refractivity contribution is 7.91. The van der Waals surface area contributed by atoms with Gasteiger partial charge in [0.25, 0.3) is 0 Å². The minimum Gasteiger partial charge on any atom is -0.388 e. The quantitative estimate of drug-likeness (QED) is 0.863. The van der Waals surface area contributed by atoms with E-state index in [2.05, 4.69) is 4.98 Å². The number of fused-ring (bicyclic) bond motifs is 1. The number of imidazole rings is 1. The second-order valence-corrected chi connectivity index (χ2v) is 7.63. The first-order chi connectivity index (χ1) is 7.96. The van der Waals surface area contributed by atoms with E-state index in [1.165, 1.54) is 11.3 Å². The van der Waals surface area contributed by atoms with Crippen molar-refractivity contribution < 1.29 is 13.5 Å². The van der Waals surface area contributed by atoms with Crippen LogP contribution in [0, 0.1) is 0 Å². The molecule has 3 heterocycles. The van der Waals surface area contributed by atoms with Crippen molar-refractivity contribution in [3.63, 3.8) is 0 Å². The van der Waals surface area contributed by atoms with Crippen molar-refractivity contribution >= 4 is 26.1 Å². The molecule has 1 N–H and O–H groups in total. The Hall–Kier alpha value is -0.920. The molecule has 1 aliphatic rings. The fourth-order valence-electron chi connectivity index (χ4n) is 2.24. The van der Waals surface area contributed by atoms with Gasteiger partial charge in [0.15, 0.2) is 14.8 Å². The van der Waals surface area contributed by atoms with Gasteiger partial charge in [-0.3, -0.25) is 4.40 Å². The Kier molecular flexibility index (Phi) is 2.33. The number of aliphatic hydroxyl groups is 1. The lowest BCUT2D eigenvalue weighted by atomic mass is 9.98. The maximum absolute atomic E-state index is 11.4. The van der Waals surface area contributed by atoms with Gasteiger partial charge in [0.2, 0.25) is 0 Å². The molecule has 7 heteroatoms. The lowest BCUT2D eigenvalue weighted by molar-refractivity contribution is 0.0673. The summed E-state index contributed by atoms with van der Waals surface area (Å²) in [5.74, 6) is -0.0725. The highest BCUT2D eigenvalue weighted by atomic mass is 32.2. The van der Waals surface area contributed by atoms with Crippen LogP contribution in [0.5, 0.6) is 0 Å². The number of hydrogen-bond acceptors (Lipinski definition) is 5. The lowest BCUT2D eigenvalue weighted by Crippen LogP contribution is -2.32. The summed E-state index contributed by atoms with van der Waals surface area (Å²) in [6, 6.07) is 0. The molecule has 5 nitrogen and oxygen atoms in total. The van der Waals surface area contributed by atoms with Crippen LogP contribution in [0.2, 0.25) is 0 Å². The zero-order chi connectivity index (χ0) is 12.1. The Morgan fingerprint density at radius 1 is 1.59 bits per heavy atom. The van der Waals surface area contributed by atoms with Gasteiger partial charge in [-0.25, -0.2) is 13.4 Å². The summed E-state index contributed by atoms with van der Waals surface area (Å²) in [5.41, 5.74) is -0.389. The van der Waals surface area contributed by atoms with E-state index in [0.717, 1.165) is 10.7 Å². The van der Waals surface area contributed by atoms with Crippen LogP contribution in [0.3, 0.4) is 0 Å². The fourth-order valence-corrected chi connectivity index (χ4v) is 4.86. The van der Waals surface area contributed by atoms with E-state index < -0.39 is 15.4 Å². The van der Waals surface area contributed by atoms with Crippen LogP contribution in [0.1, 0.15) is 12.1 Å². The molecule has 0 saturated carbocycles. The lowest BCUT2D eigenvalue weighted by Gasteiger charge is -2.18. The maximum atomic E-state index is 11.4. The zero-order valence-corrected chi connectivity index (χ0v) is 10.7. The Morgan fingerprint density at radius 3 is 3.06 bits per heavy atom. The molecule has 0 amide bonds. The Bertz CT molecular complexity index is 629. The van der Waals surface area contributed by atoms with E-state index in [1.54, 1.807) is 0 Å². The summed E-state index contributed by atoms with van der Waals surface area (Å²) >= 11 is 1.52. The van der Waals surface area contributed by atoms with Crippen LogP contribution in [0.4, 0.5) is 0 Å². The number of sulfone groups is 1. The molecule has 1 aliphatic heterocycles. The largest absolute Gasteiger partial charge is 0.388 e. The smallest absolute Gasteiger partial charge is 0.193 e. The van der Waals surface area contributed by atoms with Crippen LogP contribution in [0.15, 0.2) is 17.8 Å². The zero-order valence-electron chi connectivity index (χ0n) is 9.04. The van der Waals surface area contributed by atoms with Crippen molar-refractivity contribution in [2.45, 2.75) is 18.4 Å². The first kappa shape index (κ1) is 11.2. The van der Waals surface area contributed by atoms with E-state index in [4.69, 9.17) is 0 Å². The predicted molar refractivity (Wildman–Crippen MR) is 65.0 cm³/mol. The van der Waals surface area contributed by atoms with Crippen molar-refractivity contribution in [2.24, 2.45) is 0 Å². The number of aromatic nitrogens is 2. The van der Waals surface area contributed by atoms with E-state index in [-0.39, 0.29) is 11.5 Å². The molecule has 1 atom stereocenters. The molecule has 1 fully saturated rings. The summed E-state index contributed by atoms with van der Waals surface area (Å²) in [5, 5.41) is 12.1. The Balaban J connectivity index is 1.86. The van der Waals surface area contributed by atoms with Crippen molar-refractivity contribution in [1.82, 2.24) is 9.38 Å². The van der Waals surface area contributed by atoms with Crippen molar-refractivity contribution in [3.8, 4) is 0 Å². The van der Waals surface area contributed by atoms with Crippen LogP contribution in [0.25, 0.3) is 4.96 Å². The van der Waals surface area contributed by atoms with E-state index >= 15 is 0 Å². The van der Waals surface area contributed by atoms with Gasteiger partial charge < -0.3 is 5.11 Å². The Morgan fingerprint density at radius 2 is 2.41 bits per heavy atom. The van der Waals surface area contributed by atoms with E-state index in [0.29, 0.717) is 12.8 Å². The van der Waals surface area contributed by atoms with Crippen LogP contribution in [-0.4, -0.2) is 40.0 Å². The second kappa shape index (κ2) is 3.54. The summed E-state index contributed by atoms with van der Waals surface area (Å²) in [7, 11) is -3.07. The first-order valence-corrected chi connectivity index (χ1v) is 8.00. The van der Waals surface area contributed by atoms with Gasteiger partial charge in [-0.05, 0) is 6.42 Å². The monoisotopic (exact) mass is 272 g/mol. The van der Waals surface area contributed by atoms with Gasteiger partial charge in [-0.15, -0.1) is 11.3 Å². The minimum absolute atomic E-state index is 0.0751. The van der Waals surface area contributed by atoms with Gasteiger partial charge in [-0.2, -0.15) is 0 Å². The molecule has 3 rings (SSSR count). The molecule has 92 valence electrons. The average molecular weight is 272 g/mol. The molecule has 0 aliphatic carbocycles. The SMILES string of the molecule is O=S1(=O)CCC(O)(Cc2cn3ccsc3n2)C1. The summed E-state index contributed by atoms with van der Waals surface area (Å²) in [4.78, 5) is 5.22. The van der Waals surface area contributed by atoms with Gasteiger partial charge in [0.1, 0.15) is 0 Å². The van der Waals surface area contributed by atoms with Gasteiger partial charge >= 0.3 is 0 Å².